The third kappa shape index (κ3) is 3.70. The zero-order valence-electron chi connectivity index (χ0n) is 15.8. The molecule has 28 heavy (non-hydrogen) atoms. The summed E-state index contributed by atoms with van der Waals surface area (Å²) in [5.41, 5.74) is 5.55. The first-order chi connectivity index (χ1) is 13.6. The van der Waals surface area contributed by atoms with Crippen LogP contribution in [0.2, 0.25) is 0 Å². The lowest BCUT2D eigenvalue weighted by Crippen LogP contribution is -2.44. The second kappa shape index (κ2) is 8.58. The molecule has 0 aromatic carbocycles. The molecule has 2 aromatic rings. The minimum atomic E-state index is -0.830. The fourth-order valence-corrected chi connectivity index (χ4v) is 2.97. The molecular formula is C18H22FN7O2. The van der Waals surface area contributed by atoms with Crippen molar-refractivity contribution in [1.82, 2.24) is 24.4 Å². The zero-order valence-corrected chi connectivity index (χ0v) is 15.8. The number of allylic oxidation sites excluding steroid dienone is 2. The molecule has 0 unspecified atom stereocenters. The van der Waals surface area contributed by atoms with Gasteiger partial charge in [-0.3, -0.25) is 4.57 Å². The van der Waals surface area contributed by atoms with Crippen LogP contribution in [0.15, 0.2) is 29.2 Å². The van der Waals surface area contributed by atoms with Crippen LogP contribution in [0.5, 0.6) is 0 Å². The van der Waals surface area contributed by atoms with Crippen molar-refractivity contribution in [3.63, 3.8) is 0 Å². The first-order valence-corrected chi connectivity index (χ1v) is 8.77. The van der Waals surface area contributed by atoms with Gasteiger partial charge in [0, 0.05) is 32.3 Å². The molecule has 0 bridgehead atoms. The fraction of sp³-hybridized carbons (Fsp3) is 0.389. The van der Waals surface area contributed by atoms with E-state index in [1.54, 1.807) is 6.92 Å². The summed E-state index contributed by atoms with van der Waals surface area (Å²) < 4.78 is 21.9. The van der Waals surface area contributed by atoms with E-state index in [9.17, 15) is 9.18 Å². The van der Waals surface area contributed by atoms with E-state index in [-0.39, 0.29) is 18.1 Å². The molecule has 0 aliphatic carbocycles. The summed E-state index contributed by atoms with van der Waals surface area (Å²) in [4.78, 5) is 23.6. The fourth-order valence-electron chi connectivity index (χ4n) is 2.97. The van der Waals surface area contributed by atoms with Crippen LogP contribution >= 0.6 is 0 Å². The number of hydrogen-bond donors (Lipinski definition) is 2. The van der Waals surface area contributed by atoms with E-state index in [1.165, 1.54) is 24.1 Å². The number of piperazine rings is 1. The summed E-state index contributed by atoms with van der Waals surface area (Å²) in [6.45, 7) is 4.80. The Morgan fingerprint density at radius 1 is 1.39 bits per heavy atom. The lowest BCUT2D eigenvalue weighted by Gasteiger charge is -2.28. The maximum Gasteiger partial charge on any atom is 0.337 e. The Morgan fingerprint density at radius 2 is 2.14 bits per heavy atom. The van der Waals surface area contributed by atoms with Gasteiger partial charge in [-0.1, -0.05) is 5.92 Å². The van der Waals surface area contributed by atoms with Gasteiger partial charge >= 0.3 is 5.69 Å². The molecule has 1 fully saturated rings. The number of nitrogens with zero attached hydrogens (tertiary/aromatic N) is 5. The van der Waals surface area contributed by atoms with Gasteiger partial charge in [0.15, 0.2) is 17.3 Å². The molecule has 9 nitrogen and oxygen atoms in total. The summed E-state index contributed by atoms with van der Waals surface area (Å²) in [7, 11) is 1.37. The van der Waals surface area contributed by atoms with Gasteiger partial charge in [-0.25, -0.2) is 19.3 Å². The van der Waals surface area contributed by atoms with E-state index in [0.29, 0.717) is 11.3 Å². The Hall–Kier alpha value is -3.32. The van der Waals surface area contributed by atoms with Crippen molar-refractivity contribution >= 4 is 22.9 Å². The summed E-state index contributed by atoms with van der Waals surface area (Å²) in [6, 6.07) is 0. The van der Waals surface area contributed by atoms with E-state index in [0.717, 1.165) is 36.8 Å². The van der Waals surface area contributed by atoms with Crippen molar-refractivity contribution < 1.29 is 9.13 Å². The molecule has 3 heterocycles. The molecule has 1 saturated heterocycles. The van der Waals surface area contributed by atoms with Crippen LogP contribution in [0.1, 0.15) is 6.92 Å². The highest BCUT2D eigenvalue weighted by Gasteiger charge is 2.24. The Balaban J connectivity index is 2.23. The molecule has 148 valence electrons. The normalized spacial score (nSPS) is 15.5. The van der Waals surface area contributed by atoms with Crippen LogP contribution in [0.3, 0.4) is 0 Å². The third-order valence-corrected chi connectivity index (χ3v) is 4.35. The molecule has 0 saturated carbocycles. The predicted octanol–water partition coefficient (Wildman–Crippen LogP) is 0.240. The molecule has 10 heteroatoms. The van der Waals surface area contributed by atoms with Gasteiger partial charge in [0.05, 0.1) is 13.7 Å². The summed E-state index contributed by atoms with van der Waals surface area (Å²) in [5, 5.41) is 3.27. The molecule has 0 amide bonds. The molecule has 3 rings (SSSR count). The van der Waals surface area contributed by atoms with Crippen LogP contribution in [0, 0.1) is 11.8 Å². The lowest BCUT2D eigenvalue weighted by atomic mass is 10.3. The predicted molar refractivity (Wildman–Crippen MR) is 105 cm³/mol. The van der Waals surface area contributed by atoms with Gasteiger partial charge in [0.1, 0.15) is 11.8 Å². The number of fused-ring (bicyclic) bond motifs is 1. The molecular weight excluding hydrogens is 365 g/mol. The lowest BCUT2D eigenvalue weighted by molar-refractivity contribution is 0.287. The molecule has 3 N–H and O–H groups in total. The van der Waals surface area contributed by atoms with E-state index in [1.807, 2.05) is 4.90 Å². The van der Waals surface area contributed by atoms with E-state index >= 15 is 0 Å². The molecule has 2 aromatic heterocycles. The Labute approximate surface area is 161 Å². The number of halogens is 1. The second-order valence-electron chi connectivity index (χ2n) is 6.00. The number of hydrogen-bond acceptors (Lipinski definition) is 7. The van der Waals surface area contributed by atoms with Crippen LogP contribution in [-0.4, -0.2) is 52.4 Å². The number of methoxy groups -OCH3 is 1. The Bertz CT molecular complexity index is 1040. The number of nitrogens with one attached hydrogen (secondary N) is 1. The van der Waals surface area contributed by atoms with E-state index in [4.69, 9.17) is 10.5 Å². The van der Waals surface area contributed by atoms with Gasteiger partial charge in [0.2, 0.25) is 5.95 Å². The number of aromatic nitrogens is 4. The monoisotopic (exact) mass is 387 g/mol. The number of ether oxygens (including phenoxy) is 1. The highest BCUT2D eigenvalue weighted by molar-refractivity contribution is 5.86. The molecule has 0 spiro atoms. The minimum Gasteiger partial charge on any atom is -0.483 e. The highest BCUT2D eigenvalue weighted by atomic mass is 19.1. The highest BCUT2D eigenvalue weighted by Crippen LogP contribution is 2.24. The number of rotatable bonds is 5. The van der Waals surface area contributed by atoms with Crippen molar-refractivity contribution in [2.75, 3.05) is 38.2 Å². The average Bonchev–Trinajstić information content (AvgIpc) is 3.02. The largest absolute Gasteiger partial charge is 0.483 e. The topological polar surface area (TPSA) is 103 Å². The molecule has 0 radical (unpaired) electrons. The quantitative estimate of drug-likeness (QED) is 0.430. The van der Waals surface area contributed by atoms with Crippen molar-refractivity contribution in [3.8, 4) is 11.8 Å². The summed E-state index contributed by atoms with van der Waals surface area (Å²) >= 11 is 0. The van der Waals surface area contributed by atoms with Crippen LogP contribution in [-0.2, 0) is 11.3 Å². The van der Waals surface area contributed by atoms with Crippen LogP contribution in [0.4, 0.5) is 10.2 Å². The third-order valence-electron chi connectivity index (χ3n) is 4.35. The number of imidazole rings is 1. The second-order valence-corrected chi connectivity index (χ2v) is 6.00. The maximum atomic E-state index is 14.9. The van der Waals surface area contributed by atoms with Gasteiger partial charge < -0.3 is 20.7 Å². The maximum absolute atomic E-state index is 14.9. The molecule has 1 aliphatic heterocycles. The summed E-state index contributed by atoms with van der Waals surface area (Å²) in [6.07, 6.45) is 3.62. The van der Waals surface area contributed by atoms with Crippen molar-refractivity contribution in [1.29, 1.82) is 0 Å². The smallest absolute Gasteiger partial charge is 0.337 e. The Morgan fingerprint density at radius 3 is 2.82 bits per heavy atom. The zero-order chi connectivity index (χ0) is 20.1. The van der Waals surface area contributed by atoms with E-state index in [2.05, 4.69) is 27.1 Å². The van der Waals surface area contributed by atoms with Gasteiger partial charge in [-0.2, -0.15) is 4.39 Å². The molecule has 0 atom stereocenters. The van der Waals surface area contributed by atoms with Crippen molar-refractivity contribution in [2.24, 2.45) is 5.73 Å². The van der Waals surface area contributed by atoms with Gasteiger partial charge in [-0.05, 0) is 13.0 Å². The van der Waals surface area contributed by atoms with Gasteiger partial charge in [0.25, 0.3) is 0 Å². The standard InChI is InChI=1S/C18H22FN7O2/c1-3-4-9-25-15-16(24-10-7-21-8-11-24)22-12-23-17(15)26(18(25)27)13(19)5-6-14(20)28-2/h5-6,12,21H,7-11,20H2,1-2H3/b13-5+,14-6+. The van der Waals surface area contributed by atoms with Crippen molar-refractivity contribution in [3.05, 3.63) is 34.8 Å². The first-order valence-electron chi connectivity index (χ1n) is 8.77. The van der Waals surface area contributed by atoms with Gasteiger partial charge in [-0.15, -0.1) is 5.92 Å². The number of nitrogens with two attached hydrogens (primary N) is 1. The summed E-state index contributed by atoms with van der Waals surface area (Å²) in [5.74, 6) is 5.38. The molecule has 1 aliphatic rings. The average molecular weight is 387 g/mol. The van der Waals surface area contributed by atoms with E-state index < -0.39 is 11.6 Å². The van der Waals surface area contributed by atoms with Crippen LogP contribution in [0.25, 0.3) is 17.1 Å². The van der Waals surface area contributed by atoms with Crippen molar-refractivity contribution in [2.45, 2.75) is 13.5 Å². The number of anilines is 1. The minimum absolute atomic E-state index is 0.0138. The van der Waals surface area contributed by atoms with Crippen LogP contribution < -0.4 is 21.6 Å². The SMILES string of the molecule is CC#CCn1c(=O)n(/C(F)=C/C=C(\N)OC)c2ncnc(N3CCNCC3)c21. The first kappa shape index (κ1) is 19.4. The Kier molecular flexibility index (Phi) is 5.96.